The summed E-state index contributed by atoms with van der Waals surface area (Å²) in [5.41, 5.74) is 1.30. The number of nitrogens with one attached hydrogen (secondary N) is 1. The lowest BCUT2D eigenvalue weighted by Crippen LogP contribution is -2.78. The van der Waals surface area contributed by atoms with Gasteiger partial charge in [0.25, 0.3) is 0 Å². The Balaban J connectivity index is 1.41. The standard InChI is InChI=1S/C27H34N2O4/c1-3-4-5-16(2)25(31)28-19-10-11-27(32)21-14-18-8-9-20(30)23-22(18)26(27,24(19)33-23)12-13-29(21)15-17-6-7-17/h3-5,8-9,17,19,21,24,30,32H,6-7,10-15H2,1-2H3,(H,28,31)/b4-3+,16-5+/t19-,21-,24+,26+,27-/m1/s1. The molecule has 3 fully saturated rings. The van der Waals surface area contributed by atoms with Crippen molar-refractivity contribution in [3.63, 3.8) is 0 Å². The molecule has 2 saturated carbocycles. The van der Waals surface area contributed by atoms with E-state index in [9.17, 15) is 15.0 Å². The van der Waals surface area contributed by atoms with Crippen molar-refractivity contribution in [2.45, 2.75) is 81.6 Å². The predicted molar refractivity (Wildman–Crippen MR) is 125 cm³/mol. The molecule has 1 amide bonds. The Labute approximate surface area is 195 Å². The third kappa shape index (κ3) is 2.89. The maximum atomic E-state index is 13.0. The van der Waals surface area contributed by atoms with E-state index in [2.05, 4.69) is 10.2 Å². The molecule has 5 aliphatic rings. The number of phenolic OH excluding ortho intramolecular Hbond substituents is 1. The van der Waals surface area contributed by atoms with Crippen LogP contribution in [0.4, 0.5) is 0 Å². The molecular weight excluding hydrogens is 416 g/mol. The molecule has 2 bridgehead atoms. The van der Waals surface area contributed by atoms with Gasteiger partial charge in [-0.25, -0.2) is 0 Å². The number of aliphatic hydroxyl groups is 1. The van der Waals surface area contributed by atoms with Crippen LogP contribution >= 0.6 is 0 Å². The predicted octanol–water partition coefficient (Wildman–Crippen LogP) is 2.96. The maximum Gasteiger partial charge on any atom is 0.247 e. The van der Waals surface area contributed by atoms with Crippen molar-refractivity contribution in [1.82, 2.24) is 10.2 Å². The Morgan fingerprint density at radius 1 is 1.30 bits per heavy atom. The molecule has 1 saturated heterocycles. The number of likely N-dealkylation sites (tertiary alicyclic amines) is 1. The van der Waals surface area contributed by atoms with Gasteiger partial charge in [-0.15, -0.1) is 0 Å². The van der Waals surface area contributed by atoms with Crippen LogP contribution in [0.3, 0.4) is 0 Å². The molecule has 6 heteroatoms. The molecule has 0 radical (unpaired) electrons. The Hall–Kier alpha value is -2.31. The highest BCUT2D eigenvalue weighted by Crippen LogP contribution is 2.65. The first-order valence-electron chi connectivity index (χ1n) is 12.5. The van der Waals surface area contributed by atoms with E-state index in [1.807, 2.05) is 38.1 Å². The summed E-state index contributed by atoms with van der Waals surface area (Å²) >= 11 is 0. The number of ether oxygens (including phenoxy) is 1. The summed E-state index contributed by atoms with van der Waals surface area (Å²) in [6.45, 7) is 5.71. The van der Waals surface area contributed by atoms with Crippen LogP contribution in [0.25, 0.3) is 0 Å². The van der Waals surface area contributed by atoms with Crippen molar-refractivity contribution in [2.24, 2.45) is 5.92 Å². The normalized spacial score (nSPS) is 37.1. The average Bonchev–Trinajstić information content (AvgIpc) is 3.54. The van der Waals surface area contributed by atoms with Gasteiger partial charge in [-0.3, -0.25) is 9.69 Å². The van der Waals surface area contributed by atoms with E-state index in [0.717, 1.165) is 37.4 Å². The zero-order chi connectivity index (χ0) is 23.0. The van der Waals surface area contributed by atoms with Gasteiger partial charge < -0.3 is 20.3 Å². The summed E-state index contributed by atoms with van der Waals surface area (Å²) in [7, 11) is 0. The first kappa shape index (κ1) is 21.2. The molecule has 6 nitrogen and oxygen atoms in total. The van der Waals surface area contributed by atoms with Crippen molar-refractivity contribution in [3.05, 3.63) is 47.1 Å². The van der Waals surface area contributed by atoms with E-state index < -0.39 is 11.0 Å². The fraction of sp³-hybridized carbons (Fsp3) is 0.593. The molecule has 33 heavy (non-hydrogen) atoms. The van der Waals surface area contributed by atoms with Crippen molar-refractivity contribution < 1.29 is 19.7 Å². The Morgan fingerprint density at radius 3 is 2.88 bits per heavy atom. The van der Waals surface area contributed by atoms with E-state index in [1.165, 1.54) is 18.4 Å². The maximum absolute atomic E-state index is 13.0. The lowest BCUT2D eigenvalue weighted by molar-refractivity contribution is -0.192. The number of hydrogen-bond donors (Lipinski definition) is 3. The molecule has 1 aromatic rings. The SMILES string of the molecule is C/C=C/C=C(\C)C(=O)N[C@@H]1CC[C@@]2(O)[C@H]3Cc4ccc(O)c5c4[C@@]2(CCN3CC2CC2)[C@H]1O5. The van der Waals surface area contributed by atoms with Crippen LogP contribution in [0.1, 0.15) is 57.1 Å². The van der Waals surface area contributed by atoms with Crippen LogP contribution in [-0.4, -0.2) is 57.9 Å². The summed E-state index contributed by atoms with van der Waals surface area (Å²) in [5, 5.41) is 26.4. The topological polar surface area (TPSA) is 82.0 Å². The van der Waals surface area contributed by atoms with Gasteiger partial charge in [0.1, 0.15) is 6.10 Å². The second-order valence-electron chi connectivity index (χ2n) is 10.8. The number of phenols is 1. The lowest BCUT2D eigenvalue weighted by atomic mass is 9.48. The van der Waals surface area contributed by atoms with Gasteiger partial charge in [-0.05, 0) is 76.5 Å². The zero-order valence-electron chi connectivity index (χ0n) is 19.5. The van der Waals surface area contributed by atoms with E-state index in [0.29, 0.717) is 24.2 Å². The Bertz CT molecular complexity index is 1060. The zero-order valence-corrected chi connectivity index (χ0v) is 19.5. The molecule has 0 unspecified atom stereocenters. The quantitative estimate of drug-likeness (QED) is 0.475. The fourth-order valence-corrected chi connectivity index (χ4v) is 7.23. The second kappa shape index (κ2) is 7.34. The third-order valence-electron chi connectivity index (χ3n) is 8.98. The number of amides is 1. The van der Waals surface area contributed by atoms with Crippen LogP contribution < -0.4 is 10.1 Å². The van der Waals surface area contributed by atoms with Gasteiger partial charge in [0.15, 0.2) is 11.5 Å². The molecule has 1 spiro atoms. The van der Waals surface area contributed by atoms with Crippen molar-refractivity contribution in [1.29, 1.82) is 0 Å². The Morgan fingerprint density at radius 2 is 2.12 bits per heavy atom. The van der Waals surface area contributed by atoms with Gasteiger partial charge in [0.2, 0.25) is 5.91 Å². The minimum absolute atomic E-state index is 0.0499. The van der Waals surface area contributed by atoms with E-state index >= 15 is 0 Å². The summed E-state index contributed by atoms with van der Waals surface area (Å²) in [4.78, 5) is 15.5. The van der Waals surface area contributed by atoms with Crippen LogP contribution in [0.15, 0.2) is 35.9 Å². The van der Waals surface area contributed by atoms with Gasteiger partial charge in [0.05, 0.1) is 17.1 Å². The summed E-state index contributed by atoms with van der Waals surface area (Å²) in [5.74, 6) is 1.31. The number of hydrogen-bond acceptors (Lipinski definition) is 5. The van der Waals surface area contributed by atoms with Gasteiger partial charge in [-0.2, -0.15) is 0 Å². The fourth-order valence-electron chi connectivity index (χ4n) is 7.23. The van der Waals surface area contributed by atoms with Gasteiger partial charge >= 0.3 is 0 Å². The number of rotatable bonds is 5. The van der Waals surface area contributed by atoms with Crippen LogP contribution in [-0.2, 0) is 16.6 Å². The van der Waals surface area contributed by atoms with Crippen molar-refractivity contribution in [3.8, 4) is 11.5 Å². The highest BCUT2D eigenvalue weighted by molar-refractivity contribution is 5.93. The van der Waals surface area contributed by atoms with Gasteiger partial charge in [-0.1, -0.05) is 24.3 Å². The summed E-state index contributed by atoms with van der Waals surface area (Å²) in [6.07, 6.45) is 10.6. The number of aromatic hydroxyl groups is 1. The smallest absolute Gasteiger partial charge is 0.247 e. The molecule has 6 rings (SSSR count). The number of piperidine rings is 1. The number of allylic oxidation sites excluding steroid dienone is 3. The summed E-state index contributed by atoms with van der Waals surface area (Å²) in [6, 6.07) is 3.57. The molecule has 0 aromatic heterocycles. The van der Waals surface area contributed by atoms with E-state index in [4.69, 9.17) is 4.74 Å². The third-order valence-corrected chi connectivity index (χ3v) is 8.98. The molecule has 3 N–H and O–H groups in total. The molecule has 3 aliphatic carbocycles. The Kier molecular flexibility index (Phi) is 4.73. The second-order valence-corrected chi connectivity index (χ2v) is 10.8. The number of nitrogens with zero attached hydrogens (tertiary/aromatic N) is 1. The largest absolute Gasteiger partial charge is 0.504 e. The molecular formula is C27H34N2O4. The highest BCUT2D eigenvalue weighted by Gasteiger charge is 2.73. The number of carbonyl (C=O) groups excluding carboxylic acids is 1. The van der Waals surface area contributed by atoms with Crippen LogP contribution in [0.2, 0.25) is 0 Å². The van der Waals surface area contributed by atoms with Crippen LogP contribution in [0, 0.1) is 5.92 Å². The van der Waals surface area contributed by atoms with Crippen molar-refractivity contribution in [2.75, 3.05) is 13.1 Å². The first-order valence-corrected chi connectivity index (χ1v) is 12.5. The van der Waals surface area contributed by atoms with E-state index in [-0.39, 0.29) is 29.8 Å². The highest BCUT2D eigenvalue weighted by atomic mass is 16.5. The number of benzene rings is 1. The van der Waals surface area contributed by atoms with Crippen LogP contribution in [0.5, 0.6) is 11.5 Å². The number of carbonyl (C=O) groups is 1. The molecule has 2 aliphatic heterocycles. The molecule has 2 heterocycles. The monoisotopic (exact) mass is 450 g/mol. The minimum Gasteiger partial charge on any atom is -0.504 e. The molecule has 1 aromatic carbocycles. The first-order chi connectivity index (χ1) is 15.9. The summed E-state index contributed by atoms with van der Waals surface area (Å²) < 4.78 is 6.50. The van der Waals surface area contributed by atoms with Gasteiger partial charge in [0, 0.05) is 23.7 Å². The minimum atomic E-state index is -0.923. The van der Waals surface area contributed by atoms with Crippen molar-refractivity contribution >= 4 is 5.91 Å². The molecule has 176 valence electrons. The molecule has 5 atom stereocenters. The van der Waals surface area contributed by atoms with E-state index in [1.54, 1.807) is 6.07 Å². The lowest BCUT2D eigenvalue weighted by Gasteiger charge is -2.64. The average molecular weight is 451 g/mol.